The summed E-state index contributed by atoms with van der Waals surface area (Å²) in [6.45, 7) is 6.37. The van der Waals surface area contributed by atoms with Gasteiger partial charge in [-0.15, -0.1) is 0 Å². The van der Waals surface area contributed by atoms with Crippen molar-refractivity contribution in [2.75, 3.05) is 32.8 Å². The van der Waals surface area contributed by atoms with E-state index in [1.54, 1.807) is 0 Å². The van der Waals surface area contributed by atoms with Crippen LogP contribution in [0.3, 0.4) is 0 Å². The van der Waals surface area contributed by atoms with E-state index >= 15 is 0 Å². The lowest BCUT2D eigenvalue weighted by atomic mass is 10.0. The highest BCUT2D eigenvalue weighted by Gasteiger charge is 2.29. The van der Waals surface area contributed by atoms with E-state index in [0.717, 1.165) is 51.7 Å². The zero-order chi connectivity index (χ0) is 17.8. The second-order valence-electron chi connectivity index (χ2n) is 7.04. The van der Waals surface area contributed by atoms with Gasteiger partial charge in [-0.3, -0.25) is 9.69 Å². The van der Waals surface area contributed by atoms with Crippen molar-refractivity contribution in [1.29, 1.82) is 0 Å². The average molecular weight is 352 g/mol. The van der Waals surface area contributed by atoms with Gasteiger partial charge in [-0.2, -0.15) is 0 Å². The molecule has 2 fully saturated rings. The van der Waals surface area contributed by atoms with Crippen LogP contribution in [0.5, 0.6) is 0 Å². The summed E-state index contributed by atoms with van der Waals surface area (Å²) < 4.78 is 31.8. The highest BCUT2D eigenvalue weighted by Crippen LogP contribution is 2.20. The fourth-order valence-corrected chi connectivity index (χ4v) is 3.76. The standard InChI is InChI=1S/C19H26F2N2O2/c1-14-13-23(10-11-25-14)16-6-8-22(9-7-16)19(24)5-3-15-2-4-17(20)18(21)12-15/h2,4,12,14,16H,3,5-11,13H2,1H3. The second-order valence-corrected chi connectivity index (χ2v) is 7.04. The lowest BCUT2D eigenvalue weighted by molar-refractivity contribution is -0.133. The number of morpholine rings is 1. The Balaban J connectivity index is 1.44. The van der Waals surface area contributed by atoms with Gasteiger partial charge in [0.25, 0.3) is 0 Å². The topological polar surface area (TPSA) is 32.8 Å². The fourth-order valence-electron chi connectivity index (χ4n) is 3.76. The Bertz CT molecular complexity index is 603. The fraction of sp³-hybridized carbons (Fsp3) is 0.632. The van der Waals surface area contributed by atoms with Crippen LogP contribution in [0.25, 0.3) is 0 Å². The maximum atomic E-state index is 13.2. The summed E-state index contributed by atoms with van der Waals surface area (Å²) in [6.07, 6.45) is 3.04. The quantitative estimate of drug-likeness (QED) is 0.835. The summed E-state index contributed by atoms with van der Waals surface area (Å²) in [4.78, 5) is 16.8. The maximum Gasteiger partial charge on any atom is 0.222 e. The van der Waals surface area contributed by atoms with Gasteiger partial charge in [-0.05, 0) is 43.9 Å². The number of nitrogens with zero attached hydrogens (tertiary/aromatic N) is 2. The van der Waals surface area contributed by atoms with Gasteiger partial charge in [0.1, 0.15) is 0 Å². The van der Waals surface area contributed by atoms with Gasteiger partial charge >= 0.3 is 0 Å². The molecule has 0 spiro atoms. The molecule has 25 heavy (non-hydrogen) atoms. The molecule has 0 N–H and O–H groups in total. The Morgan fingerprint density at radius 3 is 2.64 bits per heavy atom. The first-order valence-corrected chi connectivity index (χ1v) is 9.10. The normalized spacial score (nSPS) is 23.0. The number of amides is 1. The van der Waals surface area contributed by atoms with E-state index in [1.165, 1.54) is 12.1 Å². The first-order chi connectivity index (χ1) is 12.0. The molecule has 1 amide bonds. The van der Waals surface area contributed by atoms with E-state index in [9.17, 15) is 13.6 Å². The number of likely N-dealkylation sites (tertiary alicyclic amines) is 1. The second kappa shape index (κ2) is 8.23. The molecule has 4 nitrogen and oxygen atoms in total. The molecule has 2 saturated heterocycles. The molecular weight excluding hydrogens is 326 g/mol. The summed E-state index contributed by atoms with van der Waals surface area (Å²) in [6, 6.07) is 4.36. The number of piperidine rings is 1. The summed E-state index contributed by atoms with van der Waals surface area (Å²) in [7, 11) is 0. The Hall–Kier alpha value is -1.53. The molecule has 2 aliphatic heterocycles. The summed E-state index contributed by atoms with van der Waals surface area (Å²) in [5, 5.41) is 0. The molecule has 0 saturated carbocycles. The molecule has 1 aromatic carbocycles. The Kier molecular flexibility index (Phi) is 6.02. The van der Waals surface area contributed by atoms with Gasteiger partial charge in [-0.25, -0.2) is 8.78 Å². The largest absolute Gasteiger partial charge is 0.376 e. The summed E-state index contributed by atoms with van der Waals surface area (Å²) >= 11 is 0. The first kappa shape index (κ1) is 18.3. The molecule has 1 unspecified atom stereocenters. The van der Waals surface area contributed by atoms with Crippen LogP contribution in [-0.4, -0.2) is 60.6 Å². The van der Waals surface area contributed by atoms with Gasteiger partial charge in [0.15, 0.2) is 11.6 Å². The number of benzene rings is 1. The number of carbonyl (C=O) groups excluding carboxylic acids is 1. The minimum absolute atomic E-state index is 0.0959. The molecule has 3 rings (SSSR count). The SMILES string of the molecule is CC1CN(C2CCN(C(=O)CCc3ccc(F)c(F)c3)CC2)CCO1. The lowest BCUT2D eigenvalue weighted by Crippen LogP contribution is -2.51. The average Bonchev–Trinajstić information content (AvgIpc) is 2.62. The van der Waals surface area contributed by atoms with Crippen LogP contribution >= 0.6 is 0 Å². The van der Waals surface area contributed by atoms with E-state index in [1.807, 2.05) is 4.90 Å². The van der Waals surface area contributed by atoms with E-state index in [4.69, 9.17) is 4.74 Å². The highest BCUT2D eigenvalue weighted by molar-refractivity contribution is 5.76. The summed E-state index contributed by atoms with van der Waals surface area (Å²) in [5.74, 6) is -1.61. The van der Waals surface area contributed by atoms with Gasteiger partial charge < -0.3 is 9.64 Å². The smallest absolute Gasteiger partial charge is 0.222 e. The third kappa shape index (κ3) is 4.76. The molecule has 2 aliphatic rings. The maximum absolute atomic E-state index is 13.2. The predicted octanol–water partition coefficient (Wildman–Crippen LogP) is 2.61. The van der Waals surface area contributed by atoms with Crippen LogP contribution in [0, 0.1) is 11.6 Å². The van der Waals surface area contributed by atoms with E-state index in [2.05, 4.69) is 11.8 Å². The van der Waals surface area contributed by atoms with Crippen molar-refractivity contribution in [1.82, 2.24) is 9.80 Å². The third-order valence-electron chi connectivity index (χ3n) is 5.22. The van der Waals surface area contributed by atoms with Crippen molar-refractivity contribution in [2.45, 2.75) is 44.8 Å². The van der Waals surface area contributed by atoms with E-state index in [0.29, 0.717) is 24.4 Å². The summed E-state index contributed by atoms with van der Waals surface area (Å²) in [5.41, 5.74) is 0.657. The van der Waals surface area contributed by atoms with Crippen molar-refractivity contribution >= 4 is 5.91 Å². The van der Waals surface area contributed by atoms with Crippen LogP contribution < -0.4 is 0 Å². The Labute approximate surface area is 147 Å². The third-order valence-corrected chi connectivity index (χ3v) is 5.22. The molecule has 138 valence electrons. The number of carbonyl (C=O) groups is 1. The molecule has 2 heterocycles. The van der Waals surface area contributed by atoms with Crippen LogP contribution in [0.1, 0.15) is 31.7 Å². The first-order valence-electron chi connectivity index (χ1n) is 9.10. The lowest BCUT2D eigenvalue weighted by Gasteiger charge is -2.41. The molecule has 1 aromatic rings. The van der Waals surface area contributed by atoms with Crippen molar-refractivity contribution < 1.29 is 18.3 Å². The molecular formula is C19H26F2N2O2. The highest BCUT2D eigenvalue weighted by atomic mass is 19.2. The molecule has 0 aromatic heterocycles. The number of hydrogen-bond acceptors (Lipinski definition) is 3. The van der Waals surface area contributed by atoms with Crippen molar-refractivity contribution in [3.05, 3.63) is 35.4 Å². The van der Waals surface area contributed by atoms with Crippen LogP contribution in [-0.2, 0) is 16.0 Å². The van der Waals surface area contributed by atoms with Gasteiger partial charge in [0.05, 0.1) is 12.7 Å². The van der Waals surface area contributed by atoms with Gasteiger partial charge in [0.2, 0.25) is 5.91 Å². The minimum atomic E-state index is -0.856. The molecule has 0 bridgehead atoms. The minimum Gasteiger partial charge on any atom is -0.376 e. The molecule has 6 heteroatoms. The van der Waals surface area contributed by atoms with Crippen molar-refractivity contribution in [3.8, 4) is 0 Å². The van der Waals surface area contributed by atoms with Crippen LogP contribution in [0.2, 0.25) is 0 Å². The van der Waals surface area contributed by atoms with Gasteiger partial charge in [-0.1, -0.05) is 6.07 Å². The van der Waals surface area contributed by atoms with E-state index < -0.39 is 11.6 Å². The van der Waals surface area contributed by atoms with Crippen molar-refractivity contribution in [3.63, 3.8) is 0 Å². The number of aryl methyl sites for hydroxylation is 1. The number of halogens is 2. The number of rotatable bonds is 4. The molecule has 1 atom stereocenters. The molecule has 0 aliphatic carbocycles. The zero-order valence-electron chi connectivity index (χ0n) is 14.7. The Morgan fingerprint density at radius 1 is 1.20 bits per heavy atom. The predicted molar refractivity (Wildman–Crippen MR) is 91.3 cm³/mol. The Morgan fingerprint density at radius 2 is 1.96 bits per heavy atom. The number of hydrogen-bond donors (Lipinski definition) is 0. The zero-order valence-corrected chi connectivity index (χ0v) is 14.7. The van der Waals surface area contributed by atoms with E-state index in [-0.39, 0.29) is 12.0 Å². The van der Waals surface area contributed by atoms with Crippen LogP contribution in [0.4, 0.5) is 8.78 Å². The molecule has 0 radical (unpaired) electrons. The van der Waals surface area contributed by atoms with Gasteiger partial charge in [0, 0.05) is 38.6 Å². The van der Waals surface area contributed by atoms with Crippen molar-refractivity contribution in [2.24, 2.45) is 0 Å². The monoisotopic (exact) mass is 352 g/mol. The van der Waals surface area contributed by atoms with Crippen LogP contribution in [0.15, 0.2) is 18.2 Å². The number of ether oxygens (including phenoxy) is 1.